The first-order valence-corrected chi connectivity index (χ1v) is 9.59. The molecule has 33 heavy (non-hydrogen) atoms. The number of carbonyl (C=O) groups excluding carboxylic acids is 2. The third kappa shape index (κ3) is 5.17. The zero-order valence-electron chi connectivity index (χ0n) is 17.2. The van der Waals surface area contributed by atoms with Gasteiger partial charge < -0.3 is 19.1 Å². The van der Waals surface area contributed by atoms with Crippen molar-refractivity contribution < 1.29 is 37.0 Å². The molecule has 2 aromatic rings. The quantitative estimate of drug-likeness (QED) is 0.555. The molecule has 2 heterocycles. The molecule has 0 spiro atoms. The van der Waals surface area contributed by atoms with Crippen LogP contribution in [0.3, 0.4) is 0 Å². The number of aromatic nitrogens is 1. The number of hydrogen-bond acceptors (Lipinski definition) is 7. The molecule has 0 saturated heterocycles. The van der Waals surface area contributed by atoms with Crippen LogP contribution >= 0.6 is 11.6 Å². The number of anilines is 1. The standard InChI is InChI=1S/C22H16ClF3N2O5/c1-31-20(29)14-6-3-4-11-28(18(14)21(30)32-2)13-8-9-17(16(23)12-13)33-19-15(22(24,25)26)7-5-10-27-19/h3-12H,1-2H3. The van der Waals surface area contributed by atoms with Gasteiger partial charge in [0, 0.05) is 18.1 Å². The van der Waals surface area contributed by atoms with Crippen LogP contribution in [0.1, 0.15) is 5.56 Å². The Labute approximate surface area is 191 Å². The van der Waals surface area contributed by atoms with Crippen LogP contribution in [0.4, 0.5) is 18.9 Å². The number of esters is 2. The molecule has 1 aromatic heterocycles. The maximum atomic E-state index is 13.2. The van der Waals surface area contributed by atoms with E-state index in [1.165, 1.54) is 41.5 Å². The maximum Gasteiger partial charge on any atom is 0.421 e. The minimum Gasteiger partial charge on any atom is -0.465 e. The van der Waals surface area contributed by atoms with Gasteiger partial charge in [-0.3, -0.25) is 0 Å². The third-order valence-electron chi connectivity index (χ3n) is 4.37. The Kier molecular flexibility index (Phi) is 7.07. The van der Waals surface area contributed by atoms with Crippen molar-refractivity contribution in [3.63, 3.8) is 0 Å². The van der Waals surface area contributed by atoms with Crippen LogP contribution in [-0.2, 0) is 25.2 Å². The fraction of sp³-hybridized carbons (Fsp3) is 0.136. The van der Waals surface area contributed by atoms with E-state index in [0.717, 1.165) is 32.5 Å². The van der Waals surface area contributed by atoms with Gasteiger partial charge in [0.05, 0.1) is 24.8 Å². The summed E-state index contributed by atoms with van der Waals surface area (Å²) in [6, 6.07) is 6.07. The van der Waals surface area contributed by atoms with E-state index in [-0.39, 0.29) is 22.0 Å². The summed E-state index contributed by atoms with van der Waals surface area (Å²) >= 11 is 6.27. The predicted octanol–water partition coefficient (Wildman–Crippen LogP) is 5.04. The highest BCUT2D eigenvalue weighted by Crippen LogP contribution is 2.39. The first-order valence-electron chi connectivity index (χ1n) is 9.22. The van der Waals surface area contributed by atoms with Crippen molar-refractivity contribution in [1.82, 2.24) is 4.98 Å². The van der Waals surface area contributed by atoms with Crippen molar-refractivity contribution in [2.45, 2.75) is 6.18 Å². The fourth-order valence-electron chi connectivity index (χ4n) is 2.88. The minimum atomic E-state index is -4.68. The molecule has 1 aliphatic rings. The van der Waals surface area contributed by atoms with Crippen LogP contribution < -0.4 is 9.64 Å². The highest BCUT2D eigenvalue weighted by molar-refractivity contribution is 6.32. The summed E-state index contributed by atoms with van der Waals surface area (Å²) in [6.07, 6.45) is 2.42. The van der Waals surface area contributed by atoms with Gasteiger partial charge in [0.1, 0.15) is 17.0 Å². The summed E-state index contributed by atoms with van der Waals surface area (Å²) < 4.78 is 54.5. The lowest BCUT2D eigenvalue weighted by atomic mass is 10.1. The van der Waals surface area contributed by atoms with Crippen molar-refractivity contribution in [3.05, 3.63) is 82.8 Å². The largest absolute Gasteiger partial charge is 0.465 e. The number of ether oxygens (including phenoxy) is 3. The molecule has 3 rings (SSSR count). The number of rotatable bonds is 5. The molecule has 172 valence electrons. The van der Waals surface area contributed by atoms with Crippen LogP contribution in [0.15, 0.2) is 72.2 Å². The second kappa shape index (κ2) is 9.78. The van der Waals surface area contributed by atoms with Gasteiger partial charge in [0.25, 0.3) is 0 Å². The van der Waals surface area contributed by atoms with E-state index < -0.39 is 29.6 Å². The SMILES string of the molecule is COC(=O)C1=C(C(=O)OC)N(c2ccc(Oc3ncccc3C(F)(F)F)c(Cl)c2)C=CC=C1. The van der Waals surface area contributed by atoms with E-state index in [4.69, 9.17) is 25.8 Å². The van der Waals surface area contributed by atoms with Gasteiger partial charge in [0.2, 0.25) is 5.88 Å². The molecule has 0 N–H and O–H groups in total. The van der Waals surface area contributed by atoms with Gasteiger partial charge in [-0.1, -0.05) is 17.7 Å². The predicted molar refractivity (Wildman–Crippen MR) is 113 cm³/mol. The van der Waals surface area contributed by atoms with Gasteiger partial charge in [-0.25, -0.2) is 14.6 Å². The van der Waals surface area contributed by atoms with Gasteiger partial charge >= 0.3 is 18.1 Å². The average Bonchev–Trinajstić information content (AvgIpc) is 3.02. The molecule has 1 aliphatic heterocycles. The van der Waals surface area contributed by atoms with Crippen molar-refractivity contribution in [3.8, 4) is 11.6 Å². The molecule has 0 aliphatic carbocycles. The molecule has 0 amide bonds. The van der Waals surface area contributed by atoms with Gasteiger partial charge in [-0.15, -0.1) is 0 Å². The molecule has 0 unspecified atom stereocenters. The van der Waals surface area contributed by atoms with Gasteiger partial charge in [0.15, 0.2) is 0 Å². The first-order chi connectivity index (χ1) is 15.7. The molecule has 11 heteroatoms. The van der Waals surface area contributed by atoms with Crippen LogP contribution in [0, 0.1) is 0 Å². The smallest absolute Gasteiger partial charge is 0.421 e. The molecule has 0 atom stereocenters. The van der Waals surface area contributed by atoms with Crippen molar-refractivity contribution in [2.75, 3.05) is 19.1 Å². The average molecular weight is 481 g/mol. The number of alkyl halides is 3. The van der Waals surface area contributed by atoms with Crippen LogP contribution in [0.2, 0.25) is 5.02 Å². The highest BCUT2D eigenvalue weighted by atomic mass is 35.5. The second-order valence-electron chi connectivity index (χ2n) is 6.39. The Hall–Kier alpha value is -3.79. The van der Waals surface area contributed by atoms with E-state index >= 15 is 0 Å². The Morgan fingerprint density at radius 2 is 1.79 bits per heavy atom. The van der Waals surface area contributed by atoms with Crippen LogP contribution in [0.25, 0.3) is 0 Å². The van der Waals surface area contributed by atoms with Crippen molar-refractivity contribution in [2.24, 2.45) is 0 Å². The summed E-state index contributed by atoms with van der Waals surface area (Å²) in [5, 5.41) is -0.0688. The van der Waals surface area contributed by atoms with Gasteiger partial charge in [-0.05, 0) is 42.5 Å². The highest BCUT2D eigenvalue weighted by Gasteiger charge is 2.35. The Morgan fingerprint density at radius 3 is 2.42 bits per heavy atom. The Morgan fingerprint density at radius 1 is 1.06 bits per heavy atom. The van der Waals surface area contributed by atoms with E-state index in [1.807, 2.05) is 0 Å². The van der Waals surface area contributed by atoms with Crippen LogP contribution in [-0.4, -0.2) is 31.1 Å². The Balaban J connectivity index is 2.03. The molecule has 1 aromatic carbocycles. The first kappa shape index (κ1) is 23.9. The lowest BCUT2D eigenvalue weighted by molar-refractivity contribution is -0.139. The molecule has 0 saturated carbocycles. The number of nitrogens with zero attached hydrogens (tertiary/aromatic N) is 2. The third-order valence-corrected chi connectivity index (χ3v) is 4.66. The minimum absolute atomic E-state index is 0.0688. The topological polar surface area (TPSA) is 78.0 Å². The lowest BCUT2D eigenvalue weighted by Gasteiger charge is -2.23. The molecule has 7 nitrogen and oxygen atoms in total. The van der Waals surface area contributed by atoms with E-state index in [0.29, 0.717) is 5.69 Å². The molecule has 0 radical (unpaired) electrons. The number of carbonyl (C=O) groups is 2. The lowest BCUT2D eigenvalue weighted by Crippen LogP contribution is -2.26. The number of methoxy groups -OCH3 is 2. The summed E-state index contributed by atoms with van der Waals surface area (Å²) in [5.74, 6) is -2.37. The van der Waals surface area contributed by atoms with E-state index in [2.05, 4.69) is 4.98 Å². The molecule has 0 fully saturated rings. The zero-order valence-corrected chi connectivity index (χ0v) is 18.0. The van der Waals surface area contributed by atoms with Crippen molar-refractivity contribution >= 4 is 29.2 Å². The number of hydrogen-bond donors (Lipinski definition) is 0. The normalized spacial score (nSPS) is 13.6. The number of halogens is 4. The summed E-state index contributed by atoms with van der Waals surface area (Å²) in [6.45, 7) is 0. The monoisotopic (exact) mass is 480 g/mol. The molecule has 0 bridgehead atoms. The number of allylic oxidation sites excluding steroid dienone is 2. The maximum absolute atomic E-state index is 13.2. The summed E-state index contributed by atoms with van der Waals surface area (Å²) in [4.78, 5) is 29.7. The van der Waals surface area contributed by atoms with E-state index in [9.17, 15) is 22.8 Å². The molecular formula is C22H16ClF3N2O5. The summed E-state index contributed by atoms with van der Waals surface area (Å²) in [7, 11) is 2.31. The second-order valence-corrected chi connectivity index (χ2v) is 6.79. The molecular weight excluding hydrogens is 465 g/mol. The number of pyridine rings is 1. The Bertz CT molecular complexity index is 1170. The van der Waals surface area contributed by atoms with Crippen LogP contribution in [0.5, 0.6) is 11.6 Å². The zero-order chi connectivity index (χ0) is 24.2. The fourth-order valence-corrected chi connectivity index (χ4v) is 3.09. The summed E-state index contributed by atoms with van der Waals surface area (Å²) in [5.41, 5.74) is -0.992. The van der Waals surface area contributed by atoms with Gasteiger partial charge in [-0.2, -0.15) is 13.2 Å². The number of benzene rings is 1. The van der Waals surface area contributed by atoms with Crippen molar-refractivity contribution in [1.29, 1.82) is 0 Å². The van der Waals surface area contributed by atoms with E-state index in [1.54, 1.807) is 6.08 Å².